The van der Waals surface area contributed by atoms with Crippen LogP contribution in [0, 0.1) is 0 Å². The summed E-state index contributed by atoms with van der Waals surface area (Å²) in [6.45, 7) is 2.35. The van der Waals surface area contributed by atoms with Gasteiger partial charge in [0, 0.05) is 56.2 Å². The molecule has 12 nitrogen and oxygen atoms in total. The van der Waals surface area contributed by atoms with Crippen LogP contribution in [0.15, 0.2) is 102 Å². The molecule has 4 aromatic carbocycles. The van der Waals surface area contributed by atoms with E-state index in [1.54, 1.807) is 24.3 Å². The second-order valence-corrected chi connectivity index (χ2v) is 13.9. The molecule has 2 fully saturated rings. The molecule has 2 aliphatic rings. The van der Waals surface area contributed by atoms with Gasteiger partial charge in [-0.15, -0.1) is 0 Å². The van der Waals surface area contributed by atoms with Crippen LogP contribution >= 0.6 is 0 Å². The van der Waals surface area contributed by atoms with Crippen LogP contribution in [0.1, 0.15) is 73.7 Å². The monoisotopic (exact) mass is 718 g/mol. The van der Waals surface area contributed by atoms with Crippen molar-refractivity contribution in [3.05, 3.63) is 124 Å². The lowest BCUT2D eigenvalue weighted by Gasteiger charge is -2.40. The average Bonchev–Trinajstić information content (AvgIpc) is 3.51. The number of benzene rings is 4. The van der Waals surface area contributed by atoms with E-state index in [4.69, 9.17) is 15.2 Å². The molecule has 7 rings (SSSR count). The topological polar surface area (TPSA) is 164 Å². The van der Waals surface area contributed by atoms with Crippen molar-refractivity contribution in [3.63, 3.8) is 0 Å². The van der Waals surface area contributed by atoms with Crippen molar-refractivity contribution in [2.24, 2.45) is 0 Å². The van der Waals surface area contributed by atoms with E-state index in [2.05, 4.69) is 20.5 Å². The fraction of sp³-hybridized carbons (Fsp3) is 0.341. The zero-order chi connectivity index (χ0) is 36.7. The van der Waals surface area contributed by atoms with Crippen LogP contribution in [0.4, 0.5) is 17.1 Å². The number of piperidine rings is 1. The minimum absolute atomic E-state index is 0.0324. The van der Waals surface area contributed by atoms with Crippen molar-refractivity contribution in [2.45, 2.75) is 69.7 Å². The summed E-state index contributed by atoms with van der Waals surface area (Å²) in [5.41, 5.74) is 11.9. The highest BCUT2D eigenvalue weighted by atomic mass is 16.7. The molecular weight excluding hydrogens is 672 g/mol. The van der Waals surface area contributed by atoms with E-state index in [1.165, 1.54) is 0 Å². The summed E-state index contributed by atoms with van der Waals surface area (Å²) in [6.07, 6.45) is 2.05. The van der Waals surface area contributed by atoms with Crippen LogP contribution in [-0.2, 0) is 25.7 Å². The Hall–Kier alpha value is -5.27. The highest BCUT2D eigenvalue weighted by Crippen LogP contribution is 2.39. The van der Waals surface area contributed by atoms with Crippen molar-refractivity contribution >= 4 is 39.9 Å². The van der Waals surface area contributed by atoms with Crippen LogP contribution in [0.25, 0.3) is 11.0 Å². The van der Waals surface area contributed by atoms with E-state index in [0.29, 0.717) is 36.4 Å². The molecule has 5 aromatic rings. The number of carbonyl (C=O) groups is 2. The maximum atomic E-state index is 12.9. The first-order chi connectivity index (χ1) is 25.8. The molecule has 12 heteroatoms. The van der Waals surface area contributed by atoms with Gasteiger partial charge in [0.1, 0.15) is 0 Å². The Morgan fingerprint density at radius 1 is 0.849 bits per heavy atom. The van der Waals surface area contributed by atoms with Gasteiger partial charge in [0.15, 0.2) is 6.29 Å². The molecule has 2 saturated heterocycles. The summed E-state index contributed by atoms with van der Waals surface area (Å²) >= 11 is 0. The number of hydrogen-bond donors (Lipinski definition) is 5. The Balaban J connectivity index is 0.981. The number of aliphatic hydroxyl groups excluding tert-OH is 1. The van der Waals surface area contributed by atoms with Crippen molar-refractivity contribution in [1.82, 2.24) is 14.5 Å². The van der Waals surface area contributed by atoms with E-state index in [9.17, 15) is 19.5 Å². The standard InChI is InChI=1S/C41H46N6O6/c42-33-9-1-2-10-34(33)44-39(50)14-6-13-38(49)43-30-8-5-7-29(23-30)40-52-32(24-37(53-40)28-17-15-27(26-48)16-18-28)25-46-21-19-31(20-22-46)47-36-12-4-3-11-35(36)45-41(47)51/h1-5,7-12,15-18,23,31-32,37,40,48H,6,13-14,19-22,24-26,42H2,(H,43,49)(H,44,50)(H,45,51)/t32-,37+,40+/m0/s1. The highest BCUT2D eigenvalue weighted by Gasteiger charge is 2.34. The number of fused-ring (bicyclic) bond motifs is 1. The zero-order valence-electron chi connectivity index (χ0n) is 29.6. The van der Waals surface area contributed by atoms with Gasteiger partial charge in [-0.05, 0) is 66.8 Å². The molecule has 0 radical (unpaired) electrons. The number of para-hydroxylation sites is 4. The largest absolute Gasteiger partial charge is 0.397 e. The van der Waals surface area contributed by atoms with Crippen molar-refractivity contribution in [3.8, 4) is 0 Å². The van der Waals surface area contributed by atoms with Gasteiger partial charge in [-0.3, -0.25) is 14.2 Å². The van der Waals surface area contributed by atoms with Crippen LogP contribution in [0.5, 0.6) is 0 Å². The Labute approximate surface area is 307 Å². The first-order valence-electron chi connectivity index (χ1n) is 18.3. The number of H-pyrrole nitrogens is 1. The molecular formula is C41H46N6O6. The Kier molecular flexibility index (Phi) is 11.3. The molecule has 2 amide bonds. The minimum Gasteiger partial charge on any atom is -0.397 e. The van der Waals surface area contributed by atoms with E-state index < -0.39 is 6.29 Å². The summed E-state index contributed by atoms with van der Waals surface area (Å²) in [4.78, 5) is 43.5. The molecule has 2 aliphatic heterocycles. The van der Waals surface area contributed by atoms with E-state index >= 15 is 0 Å². The molecule has 0 spiro atoms. The first kappa shape index (κ1) is 36.1. The number of likely N-dealkylation sites (tertiary alicyclic amines) is 1. The molecule has 53 heavy (non-hydrogen) atoms. The number of imidazole rings is 1. The lowest BCUT2D eigenvalue weighted by molar-refractivity contribution is -0.253. The van der Waals surface area contributed by atoms with Crippen LogP contribution in [0.2, 0.25) is 0 Å². The van der Waals surface area contributed by atoms with Crippen LogP contribution in [0.3, 0.4) is 0 Å². The number of aromatic amines is 1. The third-order valence-corrected chi connectivity index (χ3v) is 10.1. The normalized spacial score (nSPS) is 19.6. The average molecular weight is 719 g/mol. The number of ether oxygens (including phenoxy) is 2. The molecule has 3 atom stereocenters. The van der Waals surface area contributed by atoms with Gasteiger partial charge in [0.05, 0.1) is 41.2 Å². The van der Waals surface area contributed by atoms with Crippen LogP contribution < -0.4 is 22.1 Å². The molecule has 276 valence electrons. The van der Waals surface area contributed by atoms with Gasteiger partial charge < -0.3 is 40.8 Å². The van der Waals surface area contributed by atoms with E-state index in [0.717, 1.165) is 53.7 Å². The SMILES string of the molecule is Nc1ccccc1NC(=O)CCCC(=O)Nc1cccc([C@@H]2O[C@H](CN3CCC(n4c(=O)[nH]c5ccccc54)CC3)C[C@H](c3ccc(CO)cc3)O2)c1. The summed E-state index contributed by atoms with van der Waals surface area (Å²) in [6, 6.07) is 30.3. The first-order valence-corrected chi connectivity index (χ1v) is 18.3. The molecule has 0 unspecified atom stereocenters. The number of hydrogen-bond acceptors (Lipinski definition) is 8. The molecule has 1 aromatic heterocycles. The predicted molar refractivity (Wildman–Crippen MR) is 204 cm³/mol. The Morgan fingerprint density at radius 3 is 2.36 bits per heavy atom. The van der Waals surface area contributed by atoms with Gasteiger partial charge in [0.25, 0.3) is 0 Å². The smallest absolute Gasteiger partial charge is 0.326 e. The van der Waals surface area contributed by atoms with Crippen molar-refractivity contribution in [1.29, 1.82) is 0 Å². The summed E-state index contributed by atoms with van der Waals surface area (Å²) in [5, 5.41) is 15.3. The number of anilines is 3. The fourth-order valence-corrected chi connectivity index (χ4v) is 7.34. The number of rotatable bonds is 12. The van der Waals surface area contributed by atoms with E-state index in [-0.39, 0.29) is 55.2 Å². The maximum Gasteiger partial charge on any atom is 0.326 e. The fourth-order valence-electron chi connectivity index (χ4n) is 7.34. The van der Waals surface area contributed by atoms with Crippen molar-refractivity contribution < 1.29 is 24.2 Å². The van der Waals surface area contributed by atoms with E-state index in [1.807, 2.05) is 77.4 Å². The number of nitrogen functional groups attached to an aromatic ring is 1. The number of aromatic nitrogens is 2. The third kappa shape index (κ3) is 8.86. The number of carbonyl (C=O) groups excluding carboxylic acids is 2. The molecule has 3 heterocycles. The van der Waals surface area contributed by atoms with Gasteiger partial charge in [0.2, 0.25) is 11.8 Å². The number of aliphatic hydroxyl groups is 1. The number of amides is 2. The summed E-state index contributed by atoms with van der Waals surface area (Å²) in [7, 11) is 0. The highest BCUT2D eigenvalue weighted by molar-refractivity contribution is 5.94. The maximum absolute atomic E-state index is 12.9. The Morgan fingerprint density at radius 2 is 1.58 bits per heavy atom. The molecule has 0 aliphatic carbocycles. The van der Waals surface area contributed by atoms with Crippen LogP contribution in [-0.4, -0.2) is 57.1 Å². The predicted octanol–water partition coefficient (Wildman–Crippen LogP) is 6.03. The number of nitrogens with two attached hydrogens (primary N) is 1. The minimum atomic E-state index is -0.676. The third-order valence-electron chi connectivity index (χ3n) is 10.1. The van der Waals surface area contributed by atoms with Gasteiger partial charge in [-0.1, -0.05) is 60.7 Å². The second-order valence-electron chi connectivity index (χ2n) is 13.9. The van der Waals surface area contributed by atoms with Gasteiger partial charge in [-0.2, -0.15) is 0 Å². The Bertz CT molecular complexity index is 2090. The summed E-state index contributed by atoms with van der Waals surface area (Å²) < 4.78 is 15.1. The summed E-state index contributed by atoms with van der Waals surface area (Å²) in [5.74, 6) is -0.397. The number of nitrogens with one attached hydrogen (secondary N) is 3. The second kappa shape index (κ2) is 16.6. The zero-order valence-corrected chi connectivity index (χ0v) is 29.6. The molecule has 0 bridgehead atoms. The lowest BCUT2D eigenvalue weighted by atomic mass is 9.98. The lowest BCUT2D eigenvalue weighted by Crippen LogP contribution is -2.43. The quantitative estimate of drug-likeness (QED) is 0.0976. The molecule has 0 saturated carbocycles. The molecule has 6 N–H and O–H groups in total. The van der Waals surface area contributed by atoms with Gasteiger partial charge >= 0.3 is 5.69 Å². The van der Waals surface area contributed by atoms with Gasteiger partial charge in [-0.25, -0.2) is 4.79 Å². The van der Waals surface area contributed by atoms with Crippen molar-refractivity contribution in [2.75, 3.05) is 36.0 Å². The number of nitrogens with zero attached hydrogens (tertiary/aromatic N) is 2.